The zero-order chi connectivity index (χ0) is 16.8. The first-order valence-corrected chi connectivity index (χ1v) is 7.80. The topological polar surface area (TPSA) is 62.7 Å². The van der Waals surface area contributed by atoms with Crippen LogP contribution >= 0.6 is 0 Å². The Morgan fingerprint density at radius 1 is 1.52 bits per heavy atom. The standard InChI is InChI=1S/C16H22FN3O3/c1-3-23-15(22)4-5-19-6-7-20(12(2)10-19)16-14(17)8-13(11-21)9-18-16/h8-9,11-12H,3-7,10H2,1-2H3/t12-/m1/s1. The van der Waals surface area contributed by atoms with E-state index in [-0.39, 0.29) is 23.4 Å². The van der Waals surface area contributed by atoms with Crippen LogP contribution in [0.4, 0.5) is 10.2 Å². The van der Waals surface area contributed by atoms with Crippen molar-refractivity contribution in [1.82, 2.24) is 9.88 Å². The quantitative estimate of drug-likeness (QED) is 0.584. The van der Waals surface area contributed by atoms with Crippen LogP contribution < -0.4 is 4.90 Å². The highest BCUT2D eigenvalue weighted by Crippen LogP contribution is 2.22. The van der Waals surface area contributed by atoms with E-state index in [0.717, 1.165) is 13.1 Å². The molecule has 0 aliphatic carbocycles. The van der Waals surface area contributed by atoms with Gasteiger partial charge in [-0.15, -0.1) is 0 Å². The Morgan fingerprint density at radius 3 is 2.91 bits per heavy atom. The second kappa shape index (κ2) is 8.01. The van der Waals surface area contributed by atoms with Gasteiger partial charge < -0.3 is 9.64 Å². The Hall–Kier alpha value is -2.02. The summed E-state index contributed by atoms with van der Waals surface area (Å²) < 4.78 is 19.0. The maximum absolute atomic E-state index is 14.1. The molecule has 1 fully saturated rings. The number of esters is 1. The van der Waals surface area contributed by atoms with Crippen LogP contribution in [0.5, 0.6) is 0 Å². The molecule has 1 aliphatic heterocycles. The van der Waals surface area contributed by atoms with Crippen molar-refractivity contribution >= 4 is 18.1 Å². The van der Waals surface area contributed by atoms with Crippen molar-refractivity contribution in [1.29, 1.82) is 0 Å². The molecule has 1 atom stereocenters. The maximum atomic E-state index is 14.1. The first-order valence-electron chi connectivity index (χ1n) is 7.80. The number of carbonyl (C=O) groups excluding carboxylic acids is 2. The summed E-state index contributed by atoms with van der Waals surface area (Å²) in [6.45, 7) is 6.87. The molecular formula is C16H22FN3O3. The van der Waals surface area contributed by atoms with Gasteiger partial charge in [0.05, 0.1) is 13.0 Å². The van der Waals surface area contributed by atoms with E-state index in [1.54, 1.807) is 6.92 Å². The van der Waals surface area contributed by atoms with Gasteiger partial charge in [0.2, 0.25) is 0 Å². The number of carbonyl (C=O) groups is 2. The van der Waals surface area contributed by atoms with Gasteiger partial charge in [-0.25, -0.2) is 9.37 Å². The van der Waals surface area contributed by atoms with Gasteiger partial charge in [-0.05, 0) is 19.9 Å². The lowest BCUT2D eigenvalue weighted by Gasteiger charge is -2.40. The van der Waals surface area contributed by atoms with Crippen LogP contribution in [0.15, 0.2) is 12.3 Å². The zero-order valence-corrected chi connectivity index (χ0v) is 13.5. The first-order chi connectivity index (χ1) is 11.0. The lowest BCUT2D eigenvalue weighted by molar-refractivity contribution is -0.143. The number of nitrogens with zero attached hydrogens (tertiary/aromatic N) is 3. The van der Waals surface area contributed by atoms with Crippen molar-refractivity contribution in [2.45, 2.75) is 26.3 Å². The van der Waals surface area contributed by atoms with Crippen LogP contribution in [0.25, 0.3) is 0 Å². The summed E-state index contributed by atoms with van der Waals surface area (Å²) in [4.78, 5) is 30.2. The number of ether oxygens (including phenoxy) is 1. The van der Waals surface area contributed by atoms with Gasteiger partial charge in [-0.3, -0.25) is 14.5 Å². The molecule has 0 N–H and O–H groups in total. The van der Waals surface area contributed by atoms with Crippen molar-refractivity contribution in [3.05, 3.63) is 23.6 Å². The molecule has 1 aliphatic rings. The van der Waals surface area contributed by atoms with E-state index < -0.39 is 5.82 Å². The molecule has 0 aromatic carbocycles. The average molecular weight is 323 g/mol. The average Bonchev–Trinajstić information content (AvgIpc) is 2.54. The molecule has 0 bridgehead atoms. The van der Waals surface area contributed by atoms with Gasteiger partial charge in [-0.2, -0.15) is 0 Å². The van der Waals surface area contributed by atoms with Crippen molar-refractivity contribution in [3.63, 3.8) is 0 Å². The summed E-state index contributed by atoms with van der Waals surface area (Å²) in [6.07, 6.45) is 2.32. The Bertz CT molecular complexity index is 568. The third-order valence-electron chi connectivity index (χ3n) is 3.90. The minimum Gasteiger partial charge on any atom is -0.466 e. The summed E-state index contributed by atoms with van der Waals surface area (Å²) in [6, 6.07) is 1.27. The van der Waals surface area contributed by atoms with E-state index in [4.69, 9.17) is 4.74 Å². The highest BCUT2D eigenvalue weighted by molar-refractivity contribution is 5.74. The number of anilines is 1. The number of halogens is 1. The first kappa shape index (κ1) is 17.3. The molecule has 0 saturated carbocycles. The molecule has 126 valence electrons. The summed E-state index contributed by atoms with van der Waals surface area (Å²) in [5.74, 6) is -0.408. The number of rotatable bonds is 6. The van der Waals surface area contributed by atoms with Crippen molar-refractivity contribution < 1.29 is 18.7 Å². The Kier molecular flexibility index (Phi) is 6.04. The Morgan fingerprint density at radius 2 is 2.30 bits per heavy atom. The van der Waals surface area contributed by atoms with E-state index in [1.165, 1.54) is 12.3 Å². The van der Waals surface area contributed by atoms with E-state index in [9.17, 15) is 14.0 Å². The largest absolute Gasteiger partial charge is 0.466 e. The lowest BCUT2D eigenvalue weighted by atomic mass is 10.1. The normalized spacial score (nSPS) is 18.7. The minimum atomic E-state index is -0.485. The minimum absolute atomic E-state index is 0.0648. The Balaban J connectivity index is 1.93. The second-order valence-electron chi connectivity index (χ2n) is 5.59. The monoisotopic (exact) mass is 323 g/mol. The van der Waals surface area contributed by atoms with Crippen molar-refractivity contribution in [2.24, 2.45) is 0 Å². The number of hydrogen-bond donors (Lipinski definition) is 0. The molecule has 0 amide bonds. The molecule has 0 radical (unpaired) electrons. The van der Waals surface area contributed by atoms with Gasteiger partial charge in [-0.1, -0.05) is 0 Å². The van der Waals surface area contributed by atoms with E-state index >= 15 is 0 Å². The maximum Gasteiger partial charge on any atom is 0.307 e. The molecule has 1 aromatic heterocycles. The van der Waals surface area contributed by atoms with Gasteiger partial charge in [0, 0.05) is 44.0 Å². The van der Waals surface area contributed by atoms with Crippen LogP contribution in [0.3, 0.4) is 0 Å². The predicted molar refractivity (Wildman–Crippen MR) is 84.1 cm³/mol. The highest BCUT2D eigenvalue weighted by atomic mass is 19.1. The molecule has 1 aromatic rings. The lowest BCUT2D eigenvalue weighted by Crippen LogP contribution is -2.52. The summed E-state index contributed by atoms with van der Waals surface area (Å²) in [7, 11) is 0. The number of hydrogen-bond acceptors (Lipinski definition) is 6. The summed E-state index contributed by atoms with van der Waals surface area (Å²) in [5, 5.41) is 0. The smallest absolute Gasteiger partial charge is 0.307 e. The number of aldehydes is 1. The second-order valence-corrected chi connectivity index (χ2v) is 5.59. The van der Waals surface area contributed by atoms with Crippen molar-refractivity contribution in [2.75, 3.05) is 37.7 Å². The van der Waals surface area contributed by atoms with Gasteiger partial charge in [0.15, 0.2) is 17.9 Å². The molecule has 0 unspecified atom stereocenters. The van der Waals surface area contributed by atoms with E-state index in [2.05, 4.69) is 9.88 Å². The third kappa shape index (κ3) is 4.48. The van der Waals surface area contributed by atoms with Crippen LogP contribution in [0.1, 0.15) is 30.6 Å². The third-order valence-corrected chi connectivity index (χ3v) is 3.90. The van der Waals surface area contributed by atoms with Crippen LogP contribution in [-0.2, 0) is 9.53 Å². The fourth-order valence-electron chi connectivity index (χ4n) is 2.75. The Labute approximate surface area is 135 Å². The molecule has 6 nitrogen and oxygen atoms in total. The molecule has 1 saturated heterocycles. The molecule has 7 heteroatoms. The predicted octanol–water partition coefficient (Wildman–Crippen LogP) is 1.50. The van der Waals surface area contributed by atoms with Crippen molar-refractivity contribution in [3.8, 4) is 0 Å². The SMILES string of the molecule is CCOC(=O)CCN1CCN(c2ncc(C=O)cc2F)[C@H](C)C1. The van der Waals surface area contributed by atoms with E-state index in [0.29, 0.717) is 32.4 Å². The zero-order valence-electron chi connectivity index (χ0n) is 13.5. The molecule has 2 heterocycles. The molecular weight excluding hydrogens is 301 g/mol. The molecule has 0 spiro atoms. The van der Waals surface area contributed by atoms with E-state index in [1.807, 2.05) is 11.8 Å². The molecule has 2 rings (SSSR count). The summed E-state index contributed by atoms with van der Waals surface area (Å²) >= 11 is 0. The fraction of sp³-hybridized carbons (Fsp3) is 0.562. The number of piperazine rings is 1. The van der Waals surface area contributed by atoms with Crippen LogP contribution in [0, 0.1) is 5.82 Å². The van der Waals surface area contributed by atoms with Gasteiger partial charge in [0.1, 0.15) is 0 Å². The summed E-state index contributed by atoms with van der Waals surface area (Å²) in [5.41, 5.74) is 0.229. The van der Waals surface area contributed by atoms with Crippen LogP contribution in [0.2, 0.25) is 0 Å². The molecule has 23 heavy (non-hydrogen) atoms. The fourth-order valence-corrected chi connectivity index (χ4v) is 2.75. The van der Waals surface area contributed by atoms with Crippen LogP contribution in [-0.4, -0.2) is 61.0 Å². The van der Waals surface area contributed by atoms with Gasteiger partial charge >= 0.3 is 5.97 Å². The highest BCUT2D eigenvalue weighted by Gasteiger charge is 2.26. The number of aromatic nitrogens is 1. The number of pyridine rings is 1. The van der Waals surface area contributed by atoms with Gasteiger partial charge in [0.25, 0.3) is 0 Å².